The highest BCUT2D eigenvalue weighted by molar-refractivity contribution is 6.20. The maximum absolute atomic E-state index is 13.3. The van der Waals surface area contributed by atoms with Crippen molar-refractivity contribution < 1.29 is 9.13 Å². The van der Waals surface area contributed by atoms with Crippen LogP contribution in [0.25, 0.3) is 0 Å². The highest BCUT2D eigenvalue weighted by atomic mass is 35.5. The Morgan fingerprint density at radius 2 is 2.27 bits per heavy atom. The van der Waals surface area contributed by atoms with Crippen LogP contribution in [0.3, 0.4) is 0 Å². The van der Waals surface area contributed by atoms with Crippen molar-refractivity contribution in [2.24, 2.45) is 0 Å². The van der Waals surface area contributed by atoms with Crippen LogP contribution in [0.5, 0.6) is 5.75 Å². The summed E-state index contributed by atoms with van der Waals surface area (Å²) >= 11 is 5.77. The molecule has 0 fully saturated rings. The molecular formula is C11H15ClFNO. The first-order valence-corrected chi connectivity index (χ1v) is 5.24. The Morgan fingerprint density at radius 1 is 1.53 bits per heavy atom. The molecule has 0 spiro atoms. The third-order valence-corrected chi connectivity index (χ3v) is 2.13. The molecule has 0 saturated heterocycles. The van der Waals surface area contributed by atoms with E-state index in [9.17, 15) is 4.39 Å². The number of nitrogens with one attached hydrogen (secondary N) is 1. The van der Waals surface area contributed by atoms with Crippen molar-refractivity contribution >= 4 is 11.6 Å². The average molecular weight is 232 g/mol. The van der Waals surface area contributed by atoms with Crippen LogP contribution in [-0.2, 0) is 6.54 Å². The average Bonchev–Trinajstić information content (AvgIpc) is 2.17. The van der Waals surface area contributed by atoms with Crippen molar-refractivity contribution in [1.82, 2.24) is 5.32 Å². The molecule has 4 heteroatoms. The maximum Gasteiger partial charge on any atom is 0.165 e. The SMILES string of the molecule is COc1ccc(CNCC(C)Cl)cc1F. The Morgan fingerprint density at radius 3 is 2.80 bits per heavy atom. The lowest BCUT2D eigenvalue weighted by Crippen LogP contribution is -2.20. The van der Waals surface area contributed by atoms with Crippen LogP contribution in [0.2, 0.25) is 0 Å². The van der Waals surface area contributed by atoms with Crippen LogP contribution >= 0.6 is 11.6 Å². The van der Waals surface area contributed by atoms with Gasteiger partial charge < -0.3 is 10.1 Å². The fourth-order valence-electron chi connectivity index (χ4n) is 1.24. The second kappa shape index (κ2) is 5.93. The number of halogens is 2. The predicted octanol–water partition coefficient (Wildman–Crippen LogP) is 2.55. The lowest BCUT2D eigenvalue weighted by molar-refractivity contribution is 0.386. The maximum atomic E-state index is 13.3. The van der Waals surface area contributed by atoms with Crippen LogP contribution < -0.4 is 10.1 Å². The molecular weight excluding hydrogens is 217 g/mol. The molecule has 0 saturated carbocycles. The second-order valence-corrected chi connectivity index (χ2v) is 4.13. The minimum atomic E-state index is -0.337. The largest absolute Gasteiger partial charge is 0.494 e. The molecule has 0 aromatic heterocycles. The van der Waals surface area contributed by atoms with Gasteiger partial charge in [0.15, 0.2) is 11.6 Å². The zero-order valence-electron chi connectivity index (χ0n) is 8.89. The molecule has 1 aromatic rings. The van der Waals surface area contributed by atoms with Gasteiger partial charge in [0.05, 0.1) is 7.11 Å². The van der Waals surface area contributed by atoms with Gasteiger partial charge in [-0.3, -0.25) is 0 Å². The van der Waals surface area contributed by atoms with Crippen molar-refractivity contribution in [2.45, 2.75) is 18.8 Å². The first-order chi connectivity index (χ1) is 7.13. The van der Waals surface area contributed by atoms with E-state index in [0.717, 1.165) is 5.56 Å². The van der Waals surface area contributed by atoms with Crippen LogP contribution in [0.1, 0.15) is 12.5 Å². The Balaban J connectivity index is 2.52. The molecule has 0 bridgehead atoms. The van der Waals surface area contributed by atoms with E-state index in [1.54, 1.807) is 6.07 Å². The van der Waals surface area contributed by atoms with Crippen LogP contribution in [0.15, 0.2) is 18.2 Å². The smallest absolute Gasteiger partial charge is 0.165 e. The molecule has 0 radical (unpaired) electrons. The summed E-state index contributed by atoms with van der Waals surface area (Å²) in [6, 6.07) is 4.91. The van der Waals surface area contributed by atoms with Crippen molar-refractivity contribution in [3.63, 3.8) is 0 Å². The number of rotatable bonds is 5. The summed E-state index contributed by atoms with van der Waals surface area (Å²) in [6.45, 7) is 3.22. The van der Waals surface area contributed by atoms with Gasteiger partial charge in [0.25, 0.3) is 0 Å². The van der Waals surface area contributed by atoms with Crippen LogP contribution in [0.4, 0.5) is 4.39 Å². The van der Waals surface area contributed by atoms with E-state index < -0.39 is 0 Å². The first-order valence-electron chi connectivity index (χ1n) is 4.80. The molecule has 1 aromatic carbocycles. The highest BCUT2D eigenvalue weighted by Crippen LogP contribution is 2.17. The lowest BCUT2D eigenvalue weighted by Gasteiger charge is -2.07. The van der Waals surface area contributed by atoms with E-state index in [0.29, 0.717) is 13.1 Å². The molecule has 0 aliphatic heterocycles. The fourth-order valence-corrected chi connectivity index (χ4v) is 1.34. The van der Waals surface area contributed by atoms with Gasteiger partial charge >= 0.3 is 0 Å². The fraction of sp³-hybridized carbons (Fsp3) is 0.455. The summed E-state index contributed by atoms with van der Waals surface area (Å²) < 4.78 is 18.1. The summed E-state index contributed by atoms with van der Waals surface area (Å²) in [4.78, 5) is 0. The monoisotopic (exact) mass is 231 g/mol. The van der Waals surface area contributed by atoms with Gasteiger partial charge in [-0.05, 0) is 24.6 Å². The third-order valence-electron chi connectivity index (χ3n) is 1.97. The Bertz CT molecular complexity index is 317. The zero-order valence-corrected chi connectivity index (χ0v) is 9.64. The van der Waals surface area contributed by atoms with Gasteiger partial charge in [-0.25, -0.2) is 4.39 Å². The molecule has 1 N–H and O–H groups in total. The first kappa shape index (κ1) is 12.3. The molecule has 0 heterocycles. The van der Waals surface area contributed by atoms with Gasteiger partial charge in [0.1, 0.15) is 0 Å². The Kier molecular flexibility index (Phi) is 4.85. The van der Waals surface area contributed by atoms with Gasteiger partial charge in [-0.15, -0.1) is 11.6 Å². The number of benzene rings is 1. The summed E-state index contributed by atoms with van der Waals surface area (Å²) in [5.41, 5.74) is 0.880. The number of alkyl halides is 1. The van der Waals surface area contributed by atoms with E-state index in [2.05, 4.69) is 5.32 Å². The molecule has 0 aliphatic carbocycles. The molecule has 1 unspecified atom stereocenters. The molecule has 15 heavy (non-hydrogen) atoms. The van der Waals surface area contributed by atoms with Crippen molar-refractivity contribution in [3.05, 3.63) is 29.6 Å². The van der Waals surface area contributed by atoms with E-state index in [-0.39, 0.29) is 16.9 Å². The Hall–Kier alpha value is -0.800. The zero-order chi connectivity index (χ0) is 11.3. The third kappa shape index (κ3) is 4.06. The van der Waals surface area contributed by atoms with Crippen molar-refractivity contribution in [1.29, 1.82) is 0 Å². The predicted molar refractivity (Wildman–Crippen MR) is 60.0 cm³/mol. The van der Waals surface area contributed by atoms with E-state index >= 15 is 0 Å². The standard InChI is InChI=1S/C11H15ClFNO/c1-8(12)6-14-7-9-3-4-11(15-2)10(13)5-9/h3-5,8,14H,6-7H2,1-2H3. The minimum absolute atomic E-state index is 0.0769. The van der Waals surface area contributed by atoms with Crippen LogP contribution in [0, 0.1) is 5.82 Å². The topological polar surface area (TPSA) is 21.3 Å². The molecule has 1 rings (SSSR count). The van der Waals surface area contributed by atoms with Crippen molar-refractivity contribution in [3.8, 4) is 5.75 Å². The summed E-state index contributed by atoms with van der Waals surface area (Å²) in [5.74, 6) is -0.0693. The quantitative estimate of drug-likeness (QED) is 0.787. The summed E-state index contributed by atoms with van der Waals surface area (Å²) in [6.07, 6.45) is 0. The van der Waals surface area contributed by atoms with E-state index in [4.69, 9.17) is 16.3 Å². The Labute approximate surface area is 94.4 Å². The second-order valence-electron chi connectivity index (χ2n) is 3.38. The summed E-state index contributed by atoms with van der Waals surface area (Å²) in [5, 5.41) is 3.20. The van der Waals surface area contributed by atoms with Gasteiger partial charge in [0.2, 0.25) is 0 Å². The number of ether oxygens (including phenoxy) is 1. The summed E-state index contributed by atoms with van der Waals surface area (Å²) in [7, 11) is 1.45. The number of hydrogen-bond donors (Lipinski definition) is 1. The van der Waals surface area contributed by atoms with Gasteiger partial charge in [-0.1, -0.05) is 6.07 Å². The normalized spacial score (nSPS) is 12.5. The molecule has 0 aliphatic rings. The van der Waals surface area contributed by atoms with Crippen LogP contribution in [-0.4, -0.2) is 19.0 Å². The number of methoxy groups -OCH3 is 1. The molecule has 0 amide bonds. The minimum Gasteiger partial charge on any atom is -0.494 e. The van der Waals surface area contributed by atoms with Gasteiger partial charge in [-0.2, -0.15) is 0 Å². The van der Waals surface area contributed by atoms with Gasteiger partial charge in [0, 0.05) is 18.5 Å². The van der Waals surface area contributed by atoms with Crippen molar-refractivity contribution in [2.75, 3.05) is 13.7 Å². The molecule has 1 atom stereocenters. The number of hydrogen-bond acceptors (Lipinski definition) is 2. The molecule has 84 valence electrons. The lowest BCUT2D eigenvalue weighted by atomic mass is 10.2. The van der Waals surface area contributed by atoms with E-state index in [1.165, 1.54) is 13.2 Å². The highest BCUT2D eigenvalue weighted by Gasteiger charge is 2.03. The van der Waals surface area contributed by atoms with E-state index in [1.807, 2.05) is 13.0 Å². The molecule has 2 nitrogen and oxygen atoms in total.